The molecule has 0 bridgehead atoms. The number of benzene rings is 1. The minimum absolute atomic E-state index is 0.0396. The van der Waals surface area contributed by atoms with E-state index >= 15 is 0 Å². The van der Waals surface area contributed by atoms with E-state index in [0.29, 0.717) is 0 Å². The zero-order valence-electron chi connectivity index (χ0n) is 8.85. The lowest BCUT2D eigenvalue weighted by molar-refractivity contribution is 0.0962. The van der Waals surface area contributed by atoms with Crippen LogP contribution in [-0.2, 0) is 0 Å². The van der Waals surface area contributed by atoms with Crippen molar-refractivity contribution >= 4 is 11.6 Å². The summed E-state index contributed by atoms with van der Waals surface area (Å²) in [6.07, 6.45) is 0. The normalized spacial score (nSPS) is 9.64. The summed E-state index contributed by atoms with van der Waals surface area (Å²) in [5, 5.41) is 5.84. The molecule has 0 fully saturated rings. The summed E-state index contributed by atoms with van der Waals surface area (Å²) >= 11 is 0. The molecule has 0 heterocycles. The quantitative estimate of drug-likeness (QED) is 0.766. The highest BCUT2D eigenvalue weighted by Gasteiger charge is 2.08. The van der Waals surface area contributed by atoms with Crippen molar-refractivity contribution in [1.29, 1.82) is 0 Å². The van der Waals surface area contributed by atoms with E-state index < -0.39 is 0 Å². The molecule has 1 aromatic carbocycles. The van der Waals surface area contributed by atoms with Gasteiger partial charge in [-0.15, -0.1) is 0 Å². The van der Waals surface area contributed by atoms with Crippen molar-refractivity contribution in [3.63, 3.8) is 0 Å². The average Bonchev–Trinajstić information content (AvgIpc) is 2.20. The summed E-state index contributed by atoms with van der Waals surface area (Å²) in [5.41, 5.74) is 2.74. The molecule has 3 heteroatoms. The topological polar surface area (TPSA) is 41.1 Å². The van der Waals surface area contributed by atoms with Gasteiger partial charge in [0.1, 0.15) is 0 Å². The lowest BCUT2D eigenvalue weighted by Gasteiger charge is -2.10. The Morgan fingerprint density at radius 3 is 2.71 bits per heavy atom. The van der Waals surface area contributed by atoms with Crippen LogP contribution < -0.4 is 10.6 Å². The van der Waals surface area contributed by atoms with Crippen molar-refractivity contribution in [3.8, 4) is 0 Å². The van der Waals surface area contributed by atoms with Gasteiger partial charge in [-0.05, 0) is 31.5 Å². The molecule has 0 saturated carbocycles. The molecule has 0 aliphatic heterocycles. The third-order valence-corrected chi connectivity index (χ3v) is 2.17. The largest absolute Gasteiger partial charge is 0.385 e. The SMILES string of the molecule is CCNc1cccc(C(=O)NC)c1C. The fourth-order valence-corrected chi connectivity index (χ4v) is 1.40. The Hall–Kier alpha value is -1.51. The minimum atomic E-state index is -0.0396. The first-order valence-corrected chi connectivity index (χ1v) is 4.76. The first-order chi connectivity index (χ1) is 6.70. The van der Waals surface area contributed by atoms with Crippen LogP contribution in [0.5, 0.6) is 0 Å². The van der Waals surface area contributed by atoms with Crippen molar-refractivity contribution < 1.29 is 4.79 Å². The third-order valence-electron chi connectivity index (χ3n) is 2.17. The molecular weight excluding hydrogens is 176 g/mol. The van der Waals surface area contributed by atoms with Crippen LogP contribution in [0.15, 0.2) is 18.2 Å². The second-order valence-electron chi connectivity index (χ2n) is 3.09. The zero-order valence-corrected chi connectivity index (χ0v) is 8.85. The van der Waals surface area contributed by atoms with Gasteiger partial charge in [0.2, 0.25) is 0 Å². The summed E-state index contributed by atoms with van der Waals surface area (Å²) in [6, 6.07) is 5.69. The number of carbonyl (C=O) groups is 1. The standard InChI is InChI=1S/C11H16N2O/c1-4-13-10-7-5-6-9(8(10)2)11(14)12-3/h5-7,13H,4H2,1-3H3,(H,12,14). The highest BCUT2D eigenvalue weighted by Crippen LogP contribution is 2.18. The molecule has 0 saturated heterocycles. The Kier molecular flexibility index (Phi) is 3.51. The van der Waals surface area contributed by atoms with Crippen LogP contribution in [0.1, 0.15) is 22.8 Å². The van der Waals surface area contributed by atoms with Crippen LogP contribution in [0.25, 0.3) is 0 Å². The maximum atomic E-state index is 11.5. The summed E-state index contributed by atoms with van der Waals surface area (Å²) in [5.74, 6) is -0.0396. The number of hydrogen-bond donors (Lipinski definition) is 2. The highest BCUT2D eigenvalue weighted by molar-refractivity contribution is 5.96. The molecule has 0 radical (unpaired) electrons. The Bertz CT molecular complexity index is 334. The molecule has 0 unspecified atom stereocenters. The number of rotatable bonds is 3. The van der Waals surface area contributed by atoms with Gasteiger partial charge in [0.05, 0.1) is 0 Å². The van der Waals surface area contributed by atoms with Crippen molar-refractivity contribution in [2.24, 2.45) is 0 Å². The monoisotopic (exact) mass is 192 g/mol. The van der Waals surface area contributed by atoms with Gasteiger partial charge in [-0.25, -0.2) is 0 Å². The van der Waals surface area contributed by atoms with Gasteiger partial charge in [0.25, 0.3) is 5.91 Å². The predicted octanol–water partition coefficient (Wildman–Crippen LogP) is 1.79. The molecule has 14 heavy (non-hydrogen) atoms. The van der Waals surface area contributed by atoms with Gasteiger partial charge in [-0.3, -0.25) is 4.79 Å². The minimum Gasteiger partial charge on any atom is -0.385 e. The van der Waals surface area contributed by atoms with Gasteiger partial charge in [-0.1, -0.05) is 6.07 Å². The second-order valence-corrected chi connectivity index (χ2v) is 3.09. The maximum absolute atomic E-state index is 11.5. The van der Waals surface area contributed by atoms with E-state index in [2.05, 4.69) is 10.6 Å². The van der Waals surface area contributed by atoms with E-state index in [1.54, 1.807) is 7.05 Å². The van der Waals surface area contributed by atoms with Gasteiger partial charge in [-0.2, -0.15) is 0 Å². The first kappa shape index (κ1) is 10.6. The van der Waals surface area contributed by atoms with Crippen LogP contribution in [0, 0.1) is 6.92 Å². The van der Waals surface area contributed by atoms with Gasteiger partial charge in [0.15, 0.2) is 0 Å². The van der Waals surface area contributed by atoms with Crippen molar-refractivity contribution in [2.45, 2.75) is 13.8 Å². The number of anilines is 1. The average molecular weight is 192 g/mol. The Balaban J connectivity index is 3.07. The molecule has 1 rings (SSSR count). The van der Waals surface area contributed by atoms with Gasteiger partial charge < -0.3 is 10.6 Å². The van der Waals surface area contributed by atoms with E-state index in [1.165, 1.54) is 0 Å². The molecule has 0 aliphatic carbocycles. The van der Waals surface area contributed by atoms with Crippen LogP contribution in [0.3, 0.4) is 0 Å². The molecule has 76 valence electrons. The molecule has 1 amide bonds. The Morgan fingerprint density at radius 1 is 1.43 bits per heavy atom. The van der Waals surface area contributed by atoms with E-state index in [0.717, 1.165) is 23.4 Å². The van der Waals surface area contributed by atoms with Crippen LogP contribution in [-0.4, -0.2) is 19.5 Å². The number of amides is 1. The Labute approximate surface area is 84.5 Å². The molecule has 0 atom stereocenters. The molecule has 0 aliphatic rings. The van der Waals surface area contributed by atoms with Crippen LogP contribution in [0.4, 0.5) is 5.69 Å². The van der Waals surface area contributed by atoms with E-state index in [9.17, 15) is 4.79 Å². The molecule has 0 spiro atoms. The molecule has 1 aromatic rings. The highest BCUT2D eigenvalue weighted by atomic mass is 16.1. The number of nitrogens with one attached hydrogen (secondary N) is 2. The van der Waals surface area contributed by atoms with Crippen LogP contribution >= 0.6 is 0 Å². The van der Waals surface area contributed by atoms with E-state index in [-0.39, 0.29) is 5.91 Å². The maximum Gasteiger partial charge on any atom is 0.251 e. The molecule has 0 aromatic heterocycles. The summed E-state index contributed by atoms with van der Waals surface area (Å²) in [4.78, 5) is 11.5. The first-order valence-electron chi connectivity index (χ1n) is 4.76. The van der Waals surface area contributed by atoms with Gasteiger partial charge >= 0.3 is 0 Å². The fourth-order valence-electron chi connectivity index (χ4n) is 1.40. The van der Waals surface area contributed by atoms with Crippen molar-refractivity contribution in [2.75, 3.05) is 18.9 Å². The summed E-state index contributed by atoms with van der Waals surface area (Å²) in [6.45, 7) is 4.84. The predicted molar refractivity (Wildman–Crippen MR) is 58.7 cm³/mol. The molecule has 2 N–H and O–H groups in total. The van der Waals surface area contributed by atoms with Crippen molar-refractivity contribution in [1.82, 2.24) is 5.32 Å². The molecule has 3 nitrogen and oxygen atoms in total. The summed E-state index contributed by atoms with van der Waals surface area (Å²) in [7, 11) is 1.64. The molecular formula is C11H16N2O. The second kappa shape index (κ2) is 4.65. The summed E-state index contributed by atoms with van der Waals surface area (Å²) < 4.78 is 0. The van der Waals surface area contributed by atoms with Gasteiger partial charge in [0, 0.05) is 24.8 Å². The Morgan fingerprint density at radius 2 is 2.14 bits per heavy atom. The van der Waals surface area contributed by atoms with Crippen molar-refractivity contribution in [3.05, 3.63) is 29.3 Å². The lowest BCUT2D eigenvalue weighted by atomic mass is 10.1. The van der Waals surface area contributed by atoms with Crippen LogP contribution in [0.2, 0.25) is 0 Å². The lowest BCUT2D eigenvalue weighted by Crippen LogP contribution is -2.19. The zero-order chi connectivity index (χ0) is 10.6. The third kappa shape index (κ3) is 2.05. The fraction of sp³-hybridized carbons (Fsp3) is 0.364. The number of hydrogen-bond acceptors (Lipinski definition) is 2. The number of carbonyl (C=O) groups excluding carboxylic acids is 1. The smallest absolute Gasteiger partial charge is 0.251 e. The van der Waals surface area contributed by atoms with E-state index in [1.807, 2.05) is 32.0 Å². The van der Waals surface area contributed by atoms with E-state index in [4.69, 9.17) is 0 Å².